The molecule has 2 rings (SSSR count). The lowest BCUT2D eigenvalue weighted by Gasteiger charge is -2.23. The van der Waals surface area contributed by atoms with Crippen molar-refractivity contribution in [3.05, 3.63) is 59.9 Å². The average molecular weight is 256 g/mol. The molecule has 0 aliphatic rings. The number of hydrogen-bond donors (Lipinski definition) is 1. The quantitative estimate of drug-likeness (QED) is 0.892. The van der Waals surface area contributed by atoms with Gasteiger partial charge in [-0.15, -0.1) is 0 Å². The fourth-order valence-corrected chi connectivity index (χ4v) is 2.04. The number of anilines is 1. The molecule has 0 aliphatic heterocycles. The van der Waals surface area contributed by atoms with Gasteiger partial charge in [-0.1, -0.05) is 18.2 Å². The average Bonchev–Trinajstić information content (AvgIpc) is 2.46. The van der Waals surface area contributed by atoms with Crippen molar-refractivity contribution in [2.24, 2.45) is 0 Å². The van der Waals surface area contributed by atoms with E-state index in [0.29, 0.717) is 0 Å². The molecule has 0 unspecified atom stereocenters. The van der Waals surface area contributed by atoms with E-state index in [2.05, 4.69) is 28.9 Å². The van der Waals surface area contributed by atoms with Crippen molar-refractivity contribution >= 4 is 5.69 Å². The van der Waals surface area contributed by atoms with Gasteiger partial charge in [-0.3, -0.25) is 4.98 Å². The minimum absolute atomic E-state index is 0.417. The van der Waals surface area contributed by atoms with Crippen LogP contribution in [0.25, 0.3) is 0 Å². The van der Waals surface area contributed by atoms with Crippen LogP contribution in [0.1, 0.15) is 31.2 Å². The standard InChI is InChI=1S/C16H20N2O/c1-3-18(12-15-6-4-5-11-17-15)16-9-7-14(8-10-16)13(2)19/h4-11,13,19H,3,12H2,1-2H3/t13-/m0/s1. The molecule has 100 valence electrons. The molecule has 3 nitrogen and oxygen atoms in total. The Morgan fingerprint density at radius 2 is 1.89 bits per heavy atom. The molecule has 1 aromatic carbocycles. The second-order valence-corrected chi connectivity index (χ2v) is 4.60. The van der Waals surface area contributed by atoms with Crippen molar-refractivity contribution in [1.82, 2.24) is 4.98 Å². The monoisotopic (exact) mass is 256 g/mol. The van der Waals surface area contributed by atoms with E-state index in [4.69, 9.17) is 0 Å². The molecule has 1 N–H and O–H groups in total. The van der Waals surface area contributed by atoms with Crippen molar-refractivity contribution in [2.75, 3.05) is 11.4 Å². The number of rotatable bonds is 5. The molecule has 0 bridgehead atoms. The van der Waals surface area contributed by atoms with Crippen molar-refractivity contribution in [3.63, 3.8) is 0 Å². The van der Waals surface area contributed by atoms with Crippen LogP contribution >= 0.6 is 0 Å². The van der Waals surface area contributed by atoms with Gasteiger partial charge in [-0.05, 0) is 43.7 Å². The summed E-state index contributed by atoms with van der Waals surface area (Å²) in [4.78, 5) is 6.61. The maximum absolute atomic E-state index is 9.52. The molecule has 0 fully saturated rings. The molecule has 3 heteroatoms. The van der Waals surface area contributed by atoms with Crippen LogP contribution in [0.4, 0.5) is 5.69 Å². The molecular weight excluding hydrogens is 236 g/mol. The van der Waals surface area contributed by atoms with Gasteiger partial charge >= 0.3 is 0 Å². The highest BCUT2D eigenvalue weighted by molar-refractivity contribution is 5.48. The molecule has 2 aromatic rings. The van der Waals surface area contributed by atoms with Crippen molar-refractivity contribution in [3.8, 4) is 0 Å². The van der Waals surface area contributed by atoms with Gasteiger partial charge in [0.1, 0.15) is 0 Å². The van der Waals surface area contributed by atoms with E-state index in [1.54, 1.807) is 6.92 Å². The molecule has 0 spiro atoms. The first-order valence-electron chi connectivity index (χ1n) is 6.63. The number of hydrogen-bond acceptors (Lipinski definition) is 3. The predicted octanol–water partition coefficient (Wildman–Crippen LogP) is 3.16. The van der Waals surface area contributed by atoms with Gasteiger partial charge in [0.15, 0.2) is 0 Å². The highest BCUT2D eigenvalue weighted by Crippen LogP contribution is 2.20. The minimum atomic E-state index is -0.417. The summed E-state index contributed by atoms with van der Waals surface area (Å²) in [5, 5.41) is 9.52. The summed E-state index contributed by atoms with van der Waals surface area (Å²) in [6, 6.07) is 14.0. The first-order valence-corrected chi connectivity index (χ1v) is 6.63. The number of benzene rings is 1. The minimum Gasteiger partial charge on any atom is -0.389 e. The molecular formula is C16H20N2O. The summed E-state index contributed by atoms with van der Waals surface area (Å²) in [5.74, 6) is 0. The van der Waals surface area contributed by atoms with Gasteiger partial charge in [0, 0.05) is 18.4 Å². The predicted molar refractivity (Wildman–Crippen MR) is 78.0 cm³/mol. The van der Waals surface area contributed by atoms with Crippen LogP contribution in [0.3, 0.4) is 0 Å². The van der Waals surface area contributed by atoms with Crippen LogP contribution in [0.5, 0.6) is 0 Å². The Bertz CT molecular complexity index is 494. The summed E-state index contributed by atoms with van der Waals surface area (Å²) >= 11 is 0. The smallest absolute Gasteiger partial charge is 0.0761 e. The zero-order valence-electron chi connectivity index (χ0n) is 11.5. The Labute approximate surface area is 114 Å². The molecule has 0 saturated heterocycles. The second-order valence-electron chi connectivity index (χ2n) is 4.60. The van der Waals surface area contributed by atoms with Crippen molar-refractivity contribution < 1.29 is 5.11 Å². The highest BCUT2D eigenvalue weighted by atomic mass is 16.3. The van der Waals surface area contributed by atoms with Gasteiger partial charge in [0.25, 0.3) is 0 Å². The molecule has 0 amide bonds. The van der Waals surface area contributed by atoms with Crippen LogP contribution in [-0.2, 0) is 6.54 Å². The largest absolute Gasteiger partial charge is 0.389 e. The number of aliphatic hydroxyl groups is 1. The van der Waals surface area contributed by atoms with E-state index in [1.807, 2.05) is 36.5 Å². The van der Waals surface area contributed by atoms with Crippen LogP contribution in [0.2, 0.25) is 0 Å². The Morgan fingerprint density at radius 1 is 1.16 bits per heavy atom. The SMILES string of the molecule is CCN(Cc1ccccn1)c1ccc([C@H](C)O)cc1. The van der Waals surface area contributed by atoms with E-state index in [0.717, 1.165) is 30.0 Å². The zero-order chi connectivity index (χ0) is 13.7. The second kappa shape index (κ2) is 6.34. The Balaban J connectivity index is 2.13. The fourth-order valence-electron chi connectivity index (χ4n) is 2.04. The maximum Gasteiger partial charge on any atom is 0.0761 e. The third-order valence-corrected chi connectivity index (χ3v) is 3.20. The third-order valence-electron chi connectivity index (χ3n) is 3.20. The summed E-state index contributed by atoms with van der Waals surface area (Å²) in [7, 11) is 0. The lowest BCUT2D eigenvalue weighted by atomic mass is 10.1. The topological polar surface area (TPSA) is 36.4 Å². The Kier molecular flexibility index (Phi) is 4.53. The summed E-state index contributed by atoms with van der Waals surface area (Å²) in [5.41, 5.74) is 3.15. The van der Waals surface area contributed by atoms with E-state index in [-0.39, 0.29) is 0 Å². The number of aromatic nitrogens is 1. The van der Waals surface area contributed by atoms with E-state index < -0.39 is 6.10 Å². The first-order chi connectivity index (χ1) is 9.20. The van der Waals surface area contributed by atoms with E-state index in [1.165, 1.54) is 0 Å². The Morgan fingerprint density at radius 3 is 2.42 bits per heavy atom. The van der Waals surface area contributed by atoms with E-state index >= 15 is 0 Å². The molecule has 19 heavy (non-hydrogen) atoms. The van der Waals surface area contributed by atoms with E-state index in [9.17, 15) is 5.11 Å². The van der Waals surface area contributed by atoms with Crippen LogP contribution in [-0.4, -0.2) is 16.6 Å². The lowest BCUT2D eigenvalue weighted by molar-refractivity contribution is 0.199. The van der Waals surface area contributed by atoms with Gasteiger partial charge in [0.2, 0.25) is 0 Å². The molecule has 0 aliphatic carbocycles. The van der Waals surface area contributed by atoms with Gasteiger partial charge in [-0.25, -0.2) is 0 Å². The summed E-state index contributed by atoms with van der Waals surface area (Å²) in [6.45, 7) is 5.63. The number of aliphatic hydroxyl groups excluding tert-OH is 1. The molecule has 0 saturated carbocycles. The maximum atomic E-state index is 9.52. The lowest BCUT2D eigenvalue weighted by Crippen LogP contribution is -2.22. The summed E-state index contributed by atoms with van der Waals surface area (Å²) in [6.07, 6.45) is 1.40. The first kappa shape index (κ1) is 13.6. The van der Waals surface area contributed by atoms with Crippen molar-refractivity contribution in [1.29, 1.82) is 0 Å². The van der Waals surface area contributed by atoms with Crippen molar-refractivity contribution in [2.45, 2.75) is 26.5 Å². The molecule has 0 radical (unpaired) electrons. The zero-order valence-corrected chi connectivity index (χ0v) is 11.5. The molecule has 1 heterocycles. The highest BCUT2D eigenvalue weighted by Gasteiger charge is 2.07. The number of pyridine rings is 1. The normalized spacial score (nSPS) is 12.2. The molecule has 1 aromatic heterocycles. The van der Waals surface area contributed by atoms with Gasteiger partial charge < -0.3 is 10.0 Å². The van der Waals surface area contributed by atoms with Crippen LogP contribution in [0, 0.1) is 0 Å². The molecule has 1 atom stereocenters. The van der Waals surface area contributed by atoms with Crippen LogP contribution < -0.4 is 4.90 Å². The summed E-state index contributed by atoms with van der Waals surface area (Å²) < 4.78 is 0. The third kappa shape index (κ3) is 3.55. The van der Waals surface area contributed by atoms with Gasteiger partial charge in [0.05, 0.1) is 18.3 Å². The number of nitrogens with zero attached hydrogens (tertiary/aromatic N) is 2. The Hall–Kier alpha value is -1.87. The van der Waals surface area contributed by atoms with Gasteiger partial charge in [-0.2, -0.15) is 0 Å². The fraction of sp³-hybridized carbons (Fsp3) is 0.312. The van der Waals surface area contributed by atoms with Crippen LogP contribution in [0.15, 0.2) is 48.7 Å².